The van der Waals surface area contributed by atoms with Crippen LogP contribution in [0.25, 0.3) is 0 Å². The summed E-state index contributed by atoms with van der Waals surface area (Å²) in [5, 5.41) is 1.16. The second-order valence-corrected chi connectivity index (χ2v) is 7.64. The average Bonchev–Trinajstić information content (AvgIpc) is 2.59. The Morgan fingerprint density at radius 1 is 1.15 bits per heavy atom. The highest BCUT2D eigenvalue weighted by Gasteiger charge is 2.25. The molecule has 2 heterocycles. The Bertz CT molecular complexity index is 788. The number of fused-ring (bicyclic) bond motifs is 1. The standard InChI is InChI=1S/C20H22Cl2N2O.2ClH/c1-12(2)6-13-9-24-20(8-17-18(21)10-23-11-19(17)22)15-5-4-14(25-3)7-16(13)15;;/h4-5,7,10-13H,6,8-9H2,1-3H3;2*1H. The highest BCUT2D eigenvalue weighted by Crippen LogP contribution is 2.35. The Hall–Kier alpha value is -1.000. The first-order valence-corrected chi connectivity index (χ1v) is 9.24. The van der Waals surface area contributed by atoms with E-state index in [9.17, 15) is 0 Å². The van der Waals surface area contributed by atoms with Gasteiger partial charge in [-0.25, -0.2) is 0 Å². The van der Waals surface area contributed by atoms with E-state index in [-0.39, 0.29) is 24.8 Å². The molecule has 148 valence electrons. The lowest BCUT2D eigenvalue weighted by Crippen LogP contribution is -2.21. The predicted octanol–water partition coefficient (Wildman–Crippen LogP) is 6.42. The van der Waals surface area contributed by atoms with Gasteiger partial charge in [0.25, 0.3) is 0 Å². The molecular formula is C20H24Cl4N2O. The van der Waals surface area contributed by atoms with Crippen LogP contribution >= 0.6 is 48.0 Å². The van der Waals surface area contributed by atoms with E-state index in [0.29, 0.717) is 28.3 Å². The molecule has 3 nitrogen and oxygen atoms in total. The van der Waals surface area contributed by atoms with Gasteiger partial charge in [-0.1, -0.05) is 37.0 Å². The molecule has 0 fully saturated rings. The van der Waals surface area contributed by atoms with Gasteiger partial charge >= 0.3 is 0 Å². The van der Waals surface area contributed by atoms with Gasteiger partial charge in [0, 0.05) is 37.0 Å². The average molecular weight is 450 g/mol. The summed E-state index contributed by atoms with van der Waals surface area (Å²) in [5.74, 6) is 1.91. The smallest absolute Gasteiger partial charge is 0.119 e. The quantitative estimate of drug-likeness (QED) is 0.527. The van der Waals surface area contributed by atoms with E-state index >= 15 is 0 Å². The Labute approximate surface area is 183 Å². The molecule has 0 aliphatic carbocycles. The second kappa shape index (κ2) is 10.5. The van der Waals surface area contributed by atoms with Crippen molar-refractivity contribution in [2.45, 2.75) is 32.6 Å². The highest BCUT2D eigenvalue weighted by atomic mass is 35.5. The normalized spacial score (nSPS) is 15.3. The van der Waals surface area contributed by atoms with E-state index < -0.39 is 0 Å². The van der Waals surface area contributed by atoms with Crippen LogP contribution in [0.5, 0.6) is 5.75 Å². The van der Waals surface area contributed by atoms with Crippen LogP contribution in [0.4, 0.5) is 0 Å². The topological polar surface area (TPSA) is 34.5 Å². The van der Waals surface area contributed by atoms with E-state index in [1.54, 1.807) is 19.5 Å². The summed E-state index contributed by atoms with van der Waals surface area (Å²) in [6.07, 6.45) is 4.97. The Morgan fingerprint density at radius 2 is 1.81 bits per heavy atom. The van der Waals surface area contributed by atoms with Crippen LogP contribution in [0.2, 0.25) is 10.0 Å². The summed E-state index contributed by atoms with van der Waals surface area (Å²) < 4.78 is 5.43. The maximum atomic E-state index is 6.30. The zero-order valence-electron chi connectivity index (χ0n) is 15.5. The van der Waals surface area contributed by atoms with Gasteiger partial charge in [0.15, 0.2) is 0 Å². The third-order valence-corrected chi connectivity index (χ3v) is 5.22. The molecule has 0 saturated heterocycles. The lowest BCUT2D eigenvalue weighted by molar-refractivity contribution is 0.412. The van der Waals surface area contributed by atoms with Crippen molar-refractivity contribution < 1.29 is 4.74 Å². The van der Waals surface area contributed by atoms with Gasteiger partial charge in [0.2, 0.25) is 0 Å². The maximum Gasteiger partial charge on any atom is 0.119 e. The van der Waals surface area contributed by atoms with Crippen molar-refractivity contribution in [3.05, 3.63) is 57.3 Å². The van der Waals surface area contributed by atoms with Gasteiger partial charge < -0.3 is 4.74 Å². The molecule has 2 aromatic rings. The second-order valence-electron chi connectivity index (χ2n) is 6.83. The molecule has 0 N–H and O–H groups in total. The van der Waals surface area contributed by atoms with E-state index in [2.05, 4.69) is 31.0 Å². The molecule has 7 heteroatoms. The summed E-state index contributed by atoms with van der Waals surface area (Å²) in [6.45, 7) is 5.28. The fraction of sp³-hybridized carbons (Fsp3) is 0.400. The van der Waals surface area contributed by atoms with Gasteiger partial charge in [-0.05, 0) is 47.2 Å². The van der Waals surface area contributed by atoms with Crippen molar-refractivity contribution in [3.8, 4) is 5.75 Å². The molecule has 1 atom stereocenters. The number of aromatic nitrogens is 1. The fourth-order valence-corrected chi connectivity index (χ4v) is 3.87. The summed E-state index contributed by atoms with van der Waals surface area (Å²) >= 11 is 12.6. The molecular weight excluding hydrogens is 426 g/mol. The zero-order valence-corrected chi connectivity index (χ0v) is 18.7. The van der Waals surface area contributed by atoms with Crippen LogP contribution in [0, 0.1) is 5.92 Å². The summed E-state index contributed by atoms with van der Waals surface area (Å²) in [6, 6.07) is 6.23. The van der Waals surface area contributed by atoms with E-state index in [4.69, 9.17) is 32.9 Å². The third kappa shape index (κ3) is 5.51. The third-order valence-electron chi connectivity index (χ3n) is 4.56. The van der Waals surface area contributed by atoms with Crippen molar-refractivity contribution in [1.29, 1.82) is 0 Å². The minimum atomic E-state index is 0. The molecule has 1 aliphatic heterocycles. The van der Waals surface area contributed by atoms with Gasteiger partial charge in [-0.2, -0.15) is 0 Å². The highest BCUT2D eigenvalue weighted by molar-refractivity contribution is 6.36. The van der Waals surface area contributed by atoms with Crippen LogP contribution in [-0.4, -0.2) is 24.4 Å². The van der Waals surface area contributed by atoms with Crippen molar-refractivity contribution in [3.63, 3.8) is 0 Å². The number of aliphatic imine (C=N–C) groups is 1. The lowest BCUT2D eigenvalue weighted by atomic mass is 9.83. The SMILES string of the molecule is COc1ccc2c(c1)C(CC(C)C)CN=C2Cc1c(Cl)cncc1Cl.Cl.Cl. The van der Waals surface area contributed by atoms with E-state index in [0.717, 1.165) is 30.0 Å². The Kier molecular flexibility index (Phi) is 9.36. The van der Waals surface area contributed by atoms with Gasteiger partial charge in [-0.3, -0.25) is 9.98 Å². The number of halogens is 4. The number of pyridine rings is 1. The molecule has 0 radical (unpaired) electrons. The summed E-state index contributed by atoms with van der Waals surface area (Å²) in [4.78, 5) is 8.91. The van der Waals surface area contributed by atoms with Crippen LogP contribution in [0.15, 0.2) is 35.6 Å². The summed E-state index contributed by atoms with van der Waals surface area (Å²) in [5.41, 5.74) is 4.37. The molecule has 1 unspecified atom stereocenters. The number of rotatable bonds is 5. The molecule has 0 bridgehead atoms. The van der Waals surface area contributed by atoms with Crippen LogP contribution < -0.4 is 4.74 Å². The van der Waals surface area contributed by atoms with Crippen LogP contribution in [-0.2, 0) is 6.42 Å². The molecule has 1 aliphatic rings. The first kappa shape index (κ1) is 24.0. The van der Waals surface area contributed by atoms with Crippen LogP contribution in [0.3, 0.4) is 0 Å². The number of hydrogen-bond acceptors (Lipinski definition) is 3. The number of methoxy groups -OCH3 is 1. The predicted molar refractivity (Wildman–Crippen MR) is 119 cm³/mol. The van der Waals surface area contributed by atoms with Gasteiger partial charge in [0.05, 0.1) is 17.2 Å². The van der Waals surface area contributed by atoms with Crippen molar-refractivity contribution in [2.24, 2.45) is 10.9 Å². The zero-order chi connectivity index (χ0) is 18.0. The van der Waals surface area contributed by atoms with Crippen molar-refractivity contribution >= 4 is 53.7 Å². The first-order chi connectivity index (χ1) is 12.0. The fourth-order valence-electron chi connectivity index (χ4n) is 3.37. The van der Waals surface area contributed by atoms with E-state index in [1.165, 1.54) is 11.1 Å². The number of benzene rings is 1. The number of ether oxygens (including phenoxy) is 1. The van der Waals surface area contributed by atoms with Gasteiger partial charge in [0.1, 0.15) is 5.75 Å². The minimum Gasteiger partial charge on any atom is -0.497 e. The van der Waals surface area contributed by atoms with E-state index in [1.807, 2.05) is 6.07 Å². The molecule has 1 aromatic carbocycles. The van der Waals surface area contributed by atoms with Crippen molar-refractivity contribution in [2.75, 3.05) is 13.7 Å². The molecule has 3 rings (SSSR count). The lowest BCUT2D eigenvalue weighted by Gasteiger charge is -2.27. The summed E-state index contributed by atoms with van der Waals surface area (Å²) in [7, 11) is 1.70. The molecule has 0 spiro atoms. The number of hydrogen-bond donors (Lipinski definition) is 0. The number of nitrogens with zero attached hydrogens (tertiary/aromatic N) is 2. The Balaban J connectivity index is 0.00000182. The van der Waals surface area contributed by atoms with Crippen LogP contribution in [0.1, 0.15) is 42.9 Å². The largest absolute Gasteiger partial charge is 0.497 e. The van der Waals surface area contributed by atoms with Gasteiger partial charge in [-0.15, -0.1) is 24.8 Å². The molecule has 0 saturated carbocycles. The molecule has 27 heavy (non-hydrogen) atoms. The maximum absolute atomic E-state index is 6.30. The minimum absolute atomic E-state index is 0. The Morgan fingerprint density at radius 3 is 2.41 bits per heavy atom. The first-order valence-electron chi connectivity index (χ1n) is 8.49. The molecule has 0 amide bonds. The monoisotopic (exact) mass is 448 g/mol. The molecule has 1 aromatic heterocycles. The van der Waals surface area contributed by atoms with Crippen molar-refractivity contribution in [1.82, 2.24) is 4.98 Å².